The fourth-order valence-corrected chi connectivity index (χ4v) is 2.89. The molecule has 3 aromatic rings. The molecule has 0 aromatic heterocycles. The second-order valence-electron chi connectivity index (χ2n) is 6.42. The third-order valence-electron chi connectivity index (χ3n) is 4.37. The predicted molar refractivity (Wildman–Crippen MR) is 106 cm³/mol. The zero-order chi connectivity index (χ0) is 18.7. The first-order chi connectivity index (χ1) is 12.5. The van der Waals surface area contributed by atoms with Gasteiger partial charge >= 0.3 is 0 Å². The molecule has 0 aliphatic heterocycles. The molecule has 0 heterocycles. The molecule has 0 bridgehead atoms. The molecule has 3 rings (SSSR count). The normalized spacial score (nSPS) is 11.5. The van der Waals surface area contributed by atoms with E-state index < -0.39 is 0 Å². The molecule has 0 saturated carbocycles. The fraction of sp³-hybridized carbons (Fsp3) is 0.136. The van der Waals surface area contributed by atoms with Gasteiger partial charge in [0.2, 0.25) is 0 Å². The first kappa shape index (κ1) is 17.7. The molecule has 0 saturated heterocycles. The quantitative estimate of drug-likeness (QED) is 0.304. The lowest BCUT2D eigenvalue weighted by atomic mass is 9.98. The van der Waals surface area contributed by atoms with Crippen molar-refractivity contribution in [3.63, 3.8) is 0 Å². The summed E-state index contributed by atoms with van der Waals surface area (Å²) in [5.74, 6) is 0.234. The lowest BCUT2D eigenvalue weighted by molar-refractivity contribution is -0.137. The highest BCUT2D eigenvalue weighted by atomic mass is 17.1. The number of ketones is 1. The number of hydrogen-bond acceptors (Lipinski definition) is 4. The molecule has 3 aromatic carbocycles. The summed E-state index contributed by atoms with van der Waals surface area (Å²) in [5, 5.41) is 11.3. The average molecular weight is 347 g/mol. The van der Waals surface area contributed by atoms with E-state index in [0.29, 0.717) is 16.9 Å². The molecule has 132 valence electrons. The van der Waals surface area contributed by atoms with Crippen molar-refractivity contribution < 1.29 is 14.9 Å². The van der Waals surface area contributed by atoms with Crippen LogP contribution in [0, 0.1) is 0 Å². The Labute approximate surface area is 152 Å². The van der Waals surface area contributed by atoms with E-state index in [1.807, 2.05) is 68.4 Å². The number of rotatable bonds is 5. The van der Waals surface area contributed by atoms with Crippen LogP contribution in [0.3, 0.4) is 0 Å². The molecule has 1 N–H and O–H groups in total. The van der Waals surface area contributed by atoms with E-state index in [1.54, 1.807) is 24.3 Å². The second-order valence-corrected chi connectivity index (χ2v) is 6.42. The van der Waals surface area contributed by atoms with Crippen molar-refractivity contribution in [1.29, 1.82) is 0 Å². The highest BCUT2D eigenvalue weighted by Gasteiger charge is 2.11. The van der Waals surface area contributed by atoms with Gasteiger partial charge in [-0.2, -0.15) is 0 Å². The fourth-order valence-electron chi connectivity index (χ4n) is 2.89. The van der Waals surface area contributed by atoms with Gasteiger partial charge in [0.25, 0.3) is 0 Å². The van der Waals surface area contributed by atoms with Crippen LogP contribution < -0.4 is 9.79 Å². The van der Waals surface area contributed by atoms with Gasteiger partial charge in [0, 0.05) is 30.9 Å². The van der Waals surface area contributed by atoms with Gasteiger partial charge in [-0.3, -0.25) is 4.79 Å². The number of hydrogen-bond donors (Lipinski definition) is 1. The van der Waals surface area contributed by atoms with Gasteiger partial charge in [-0.25, -0.2) is 5.26 Å². The zero-order valence-corrected chi connectivity index (χ0v) is 15.1. The first-order valence-electron chi connectivity index (χ1n) is 8.34. The molecule has 26 heavy (non-hydrogen) atoms. The summed E-state index contributed by atoms with van der Waals surface area (Å²) in [6.45, 7) is 1.83. The molecule has 0 unspecified atom stereocenters. The van der Waals surface area contributed by atoms with Crippen molar-refractivity contribution >= 4 is 27.8 Å². The summed E-state index contributed by atoms with van der Waals surface area (Å²) in [6, 6.07) is 18.9. The van der Waals surface area contributed by atoms with Gasteiger partial charge in [0.1, 0.15) is 0 Å². The number of carbonyl (C=O) groups excluding carboxylic acids is 1. The van der Waals surface area contributed by atoms with Gasteiger partial charge in [0.05, 0.1) is 0 Å². The Kier molecular flexibility index (Phi) is 5.05. The Morgan fingerprint density at radius 1 is 1.00 bits per heavy atom. The van der Waals surface area contributed by atoms with Crippen LogP contribution in [0.15, 0.2) is 66.7 Å². The smallest absolute Gasteiger partial charge is 0.186 e. The van der Waals surface area contributed by atoms with Crippen LogP contribution in [0.5, 0.6) is 5.75 Å². The summed E-state index contributed by atoms with van der Waals surface area (Å²) in [4.78, 5) is 19.0. The minimum Gasteiger partial charge on any atom is -0.378 e. The second kappa shape index (κ2) is 7.42. The number of carbonyl (C=O) groups is 1. The Balaban J connectivity index is 2.04. The van der Waals surface area contributed by atoms with Crippen molar-refractivity contribution in [1.82, 2.24) is 0 Å². The predicted octanol–water partition coefficient (Wildman–Crippen LogP) is 5.04. The standard InChI is InChI=1S/C22H21NO3/c1-15(11-21(24)16-7-5-4-6-8-16)20-13-17-9-10-19(23(2)3)12-18(17)14-22(20)26-25/h4-14,25H,1-3H3/b15-11-. The highest BCUT2D eigenvalue weighted by molar-refractivity contribution is 6.09. The van der Waals surface area contributed by atoms with Crippen LogP contribution in [0.1, 0.15) is 22.8 Å². The summed E-state index contributed by atoms with van der Waals surface area (Å²) in [7, 11) is 3.95. The Bertz CT molecular complexity index is 975. The van der Waals surface area contributed by atoms with Gasteiger partial charge in [-0.15, -0.1) is 0 Å². The van der Waals surface area contributed by atoms with E-state index in [-0.39, 0.29) is 5.78 Å². The average Bonchev–Trinajstić information content (AvgIpc) is 2.66. The largest absolute Gasteiger partial charge is 0.378 e. The molecule has 0 aliphatic carbocycles. The molecule has 0 fully saturated rings. The summed E-state index contributed by atoms with van der Waals surface area (Å²) < 4.78 is 0. The molecular formula is C22H21NO3. The van der Waals surface area contributed by atoms with E-state index >= 15 is 0 Å². The maximum atomic E-state index is 12.4. The Hall–Kier alpha value is -3.11. The maximum Gasteiger partial charge on any atom is 0.186 e. The highest BCUT2D eigenvalue weighted by Crippen LogP contribution is 2.32. The third kappa shape index (κ3) is 3.60. The lowest BCUT2D eigenvalue weighted by Crippen LogP contribution is -2.08. The van der Waals surface area contributed by atoms with Crippen molar-refractivity contribution in [2.45, 2.75) is 6.92 Å². The Morgan fingerprint density at radius 3 is 2.38 bits per heavy atom. The number of allylic oxidation sites excluding steroid dienone is 2. The first-order valence-corrected chi connectivity index (χ1v) is 8.34. The number of nitrogens with zero attached hydrogens (tertiary/aromatic N) is 1. The molecule has 0 aliphatic rings. The molecule has 4 heteroatoms. The molecule has 4 nitrogen and oxygen atoms in total. The van der Waals surface area contributed by atoms with E-state index in [4.69, 9.17) is 0 Å². The minimum atomic E-state index is -0.0879. The van der Waals surface area contributed by atoms with Gasteiger partial charge in [0.15, 0.2) is 11.5 Å². The summed E-state index contributed by atoms with van der Waals surface area (Å²) in [5.41, 5.74) is 3.08. The number of fused-ring (bicyclic) bond motifs is 1. The molecular weight excluding hydrogens is 326 g/mol. The zero-order valence-electron chi connectivity index (χ0n) is 15.1. The maximum absolute atomic E-state index is 12.4. The van der Waals surface area contributed by atoms with Gasteiger partial charge in [-0.1, -0.05) is 36.4 Å². The Morgan fingerprint density at radius 2 is 1.73 bits per heavy atom. The van der Waals surface area contributed by atoms with Crippen LogP contribution in [-0.2, 0) is 0 Å². The van der Waals surface area contributed by atoms with E-state index in [0.717, 1.165) is 22.0 Å². The van der Waals surface area contributed by atoms with Gasteiger partial charge < -0.3 is 9.79 Å². The van der Waals surface area contributed by atoms with Crippen molar-refractivity contribution in [2.24, 2.45) is 0 Å². The van der Waals surface area contributed by atoms with Gasteiger partial charge in [-0.05, 0) is 53.6 Å². The van der Waals surface area contributed by atoms with Crippen LogP contribution >= 0.6 is 0 Å². The van der Waals surface area contributed by atoms with Crippen LogP contribution in [0.2, 0.25) is 0 Å². The van der Waals surface area contributed by atoms with E-state index in [1.165, 1.54) is 0 Å². The SMILES string of the molecule is C/C(=C/C(=O)c1ccccc1)c1cc2ccc(N(C)C)cc2cc1OO. The molecule has 0 radical (unpaired) electrons. The van der Waals surface area contributed by atoms with Crippen molar-refractivity contribution in [3.05, 3.63) is 77.9 Å². The lowest BCUT2D eigenvalue weighted by Gasteiger charge is -2.14. The number of benzene rings is 3. The van der Waals surface area contributed by atoms with E-state index in [9.17, 15) is 10.1 Å². The van der Waals surface area contributed by atoms with Crippen LogP contribution in [0.4, 0.5) is 5.69 Å². The molecule has 0 atom stereocenters. The molecule has 0 amide bonds. The summed E-state index contributed by atoms with van der Waals surface area (Å²) in [6.07, 6.45) is 1.56. The topological polar surface area (TPSA) is 49.8 Å². The monoisotopic (exact) mass is 347 g/mol. The molecule has 0 spiro atoms. The van der Waals surface area contributed by atoms with Crippen LogP contribution in [-0.4, -0.2) is 25.1 Å². The van der Waals surface area contributed by atoms with Crippen molar-refractivity contribution in [2.75, 3.05) is 19.0 Å². The van der Waals surface area contributed by atoms with Crippen LogP contribution in [0.25, 0.3) is 16.3 Å². The van der Waals surface area contributed by atoms with E-state index in [2.05, 4.69) is 4.89 Å². The number of anilines is 1. The van der Waals surface area contributed by atoms with Crippen molar-refractivity contribution in [3.8, 4) is 5.75 Å². The minimum absolute atomic E-state index is 0.0879. The summed E-state index contributed by atoms with van der Waals surface area (Å²) >= 11 is 0. The third-order valence-corrected chi connectivity index (χ3v) is 4.37.